The number of nitrogens with two attached hydrogens (primary N) is 1. The number of nitrogens with one attached hydrogen (secondary N) is 2. The highest BCUT2D eigenvalue weighted by Crippen LogP contribution is 2.09. The van der Waals surface area contributed by atoms with E-state index in [9.17, 15) is 0 Å². The Morgan fingerprint density at radius 1 is 1.33 bits per heavy atom. The Hall–Kier alpha value is -2.22. The number of rotatable bonds is 6. The molecule has 96 valence electrons. The van der Waals surface area contributed by atoms with Crippen LogP contribution in [-0.2, 0) is 6.54 Å². The molecule has 0 saturated heterocycles. The molecule has 0 radical (unpaired) electrons. The zero-order chi connectivity index (χ0) is 12.8. The molecule has 4 N–H and O–H groups in total. The van der Waals surface area contributed by atoms with Crippen molar-refractivity contribution in [2.45, 2.75) is 19.9 Å². The lowest BCUT2D eigenvalue weighted by atomic mass is 10.4. The third-order valence-corrected chi connectivity index (χ3v) is 2.33. The predicted octanol–water partition coefficient (Wildman–Crippen LogP) is 0.164. The van der Waals surface area contributed by atoms with Crippen LogP contribution in [0.1, 0.15) is 12.2 Å². The molecule has 0 saturated carbocycles. The molecular weight excluding hydrogens is 232 g/mol. The van der Waals surface area contributed by atoms with Crippen molar-refractivity contribution >= 4 is 11.6 Å². The average Bonchev–Trinajstić information content (AvgIpc) is 2.87. The molecule has 8 nitrogen and oxygen atoms in total. The summed E-state index contributed by atoms with van der Waals surface area (Å²) in [4.78, 5) is 8.38. The number of hydrogen-bond donors (Lipinski definition) is 3. The second-order valence-corrected chi connectivity index (χ2v) is 3.78. The molecule has 0 amide bonds. The van der Waals surface area contributed by atoms with Gasteiger partial charge in [0, 0.05) is 25.4 Å². The highest BCUT2D eigenvalue weighted by molar-refractivity contribution is 5.46. The van der Waals surface area contributed by atoms with Gasteiger partial charge in [-0.2, -0.15) is 0 Å². The van der Waals surface area contributed by atoms with Crippen LogP contribution >= 0.6 is 0 Å². The van der Waals surface area contributed by atoms with Crippen molar-refractivity contribution in [1.29, 1.82) is 0 Å². The molecule has 8 heteroatoms. The molecule has 0 aliphatic heterocycles. The maximum absolute atomic E-state index is 5.32. The number of nitrogen functional groups attached to an aromatic ring is 1. The minimum absolute atomic E-state index is 0.598. The van der Waals surface area contributed by atoms with E-state index in [1.807, 2.05) is 13.1 Å². The van der Waals surface area contributed by atoms with Gasteiger partial charge in [-0.1, -0.05) is 5.21 Å². The third kappa shape index (κ3) is 3.39. The van der Waals surface area contributed by atoms with Crippen LogP contribution in [0.15, 0.2) is 18.5 Å². The lowest BCUT2D eigenvalue weighted by molar-refractivity contribution is 0.569. The smallest absolute Gasteiger partial charge is 0.145 e. The average molecular weight is 248 g/mol. The van der Waals surface area contributed by atoms with E-state index < -0.39 is 0 Å². The van der Waals surface area contributed by atoms with Gasteiger partial charge in [-0.05, 0) is 13.3 Å². The van der Waals surface area contributed by atoms with E-state index in [0.29, 0.717) is 11.6 Å². The number of anilines is 2. The van der Waals surface area contributed by atoms with Crippen molar-refractivity contribution in [3.63, 3.8) is 0 Å². The first-order valence-corrected chi connectivity index (χ1v) is 5.68. The third-order valence-electron chi connectivity index (χ3n) is 2.33. The van der Waals surface area contributed by atoms with Crippen molar-refractivity contribution in [3.05, 3.63) is 24.3 Å². The van der Waals surface area contributed by atoms with Gasteiger partial charge in [0.25, 0.3) is 0 Å². The highest BCUT2D eigenvalue weighted by atomic mass is 15.4. The highest BCUT2D eigenvalue weighted by Gasteiger charge is 2.00. The van der Waals surface area contributed by atoms with Gasteiger partial charge in [-0.15, -0.1) is 5.10 Å². The van der Waals surface area contributed by atoms with E-state index in [2.05, 4.69) is 31.0 Å². The summed E-state index contributed by atoms with van der Waals surface area (Å²) >= 11 is 0. The van der Waals surface area contributed by atoms with E-state index in [1.165, 1.54) is 0 Å². The Kier molecular flexibility index (Phi) is 4.02. The number of aromatic nitrogens is 5. The zero-order valence-corrected chi connectivity index (χ0v) is 10.2. The Labute approximate surface area is 105 Å². The van der Waals surface area contributed by atoms with Gasteiger partial charge in [-0.25, -0.2) is 15.8 Å². The number of aryl methyl sites for hydroxylation is 2. The first-order valence-electron chi connectivity index (χ1n) is 5.68. The predicted molar refractivity (Wildman–Crippen MR) is 67.7 cm³/mol. The molecule has 0 fully saturated rings. The van der Waals surface area contributed by atoms with Gasteiger partial charge in [0.1, 0.15) is 17.5 Å². The molecule has 0 aliphatic rings. The fraction of sp³-hybridized carbons (Fsp3) is 0.400. The number of nitrogens with zero attached hydrogens (tertiary/aromatic N) is 5. The molecule has 2 heterocycles. The topological polar surface area (TPSA) is 107 Å². The minimum Gasteiger partial charge on any atom is -0.370 e. The van der Waals surface area contributed by atoms with E-state index in [0.717, 1.165) is 25.3 Å². The number of hydrogen-bond acceptors (Lipinski definition) is 7. The van der Waals surface area contributed by atoms with Crippen LogP contribution in [0.2, 0.25) is 0 Å². The molecule has 0 atom stereocenters. The van der Waals surface area contributed by atoms with Gasteiger partial charge in [0.2, 0.25) is 0 Å². The number of hydrazine groups is 1. The summed E-state index contributed by atoms with van der Waals surface area (Å²) in [5.41, 5.74) is 2.51. The summed E-state index contributed by atoms with van der Waals surface area (Å²) in [6, 6.07) is 1.77. The van der Waals surface area contributed by atoms with Crippen molar-refractivity contribution in [2.75, 3.05) is 17.3 Å². The first kappa shape index (κ1) is 12.2. The van der Waals surface area contributed by atoms with Crippen molar-refractivity contribution in [2.24, 2.45) is 5.84 Å². The Bertz CT molecular complexity index is 481. The van der Waals surface area contributed by atoms with Gasteiger partial charge < -0.3 is 10.7 Å². The molecule has 2 aromatic heterocycles. The van der Waals surface area contributed by atoms with Gasteiger partial charge in [0.15, 0.2) is 0 Å². The van der Waals surface area contributed by atoms with E-state index >= 15 is 0 Å². The second kappa shape index (κ2) is 5.92. The SMILES string of the molecule is Cc1nc(NN)cc(NCCCn2ccnn2)n1. The van der Waals surface area contributed by atoms with Crippen molar-refractivity contribution < 1.29 is 0 Å². The summed E-state index contributed by atoms with van der Waals surface area (Å²) in [7, 11) is 0. The summed E-state index contributed by atoms with van der Waals surface area (Å²) in [5, 5.41) is 10.8. The van der Waals surface area contributed by atoms with Gasteiger partial charge in [0.05, 0.1) is 6.20 Å². The van der Waals surface area contributed by atoms with E-state index in [1.54, 1.807) is 16.9 Å². The fourth-order valence-corrected chi connectivity index (χ4v) is 1.54. The standard InChI is InChI=1S/C10H16N8/c1-8-14-9(7-10(15-8)16-11)12-3-2-5-18-6-4-13-17-18/h4,6-7H,2-3,5,11H2,1H3,(H2,12,14,15,16). The van der Waals surface area contributed by atoms with Crippen LogP contribution in [0.4, 0.5) is 11.6 Å². The summed E-state index contributed by atoms with van der Waals surface area (Å²) in [6.07, 6.45) is 4.43. The summed E-state index contributed by atoms with van der Waals surface area (Å²) in [6.45, 7) is 3.43. The summed E-state index contributed by atoms with van der Waals surface area (Å²) in [5.74, 6) is 7.35. The Morgan fingerprint density at radius 2 is 2.17 bits per heavy atom. The molecule has 2 aromatic rings. The normalized spacial score (nSPS) is 10.3. The van der Waals surface area contributed by atoms with Crippen LogP contribution in [0.5, 0.6) is 0 Å². The lowest BCUT2D eigenvalue weighted by Gasteiger charge is -2.08. The molecular formula is C10H16N8. The van der Waals surface area contributed by atoms with Crippen LogP contribution in [-0.4, -0.2) is 31.5 Å². The molecule has 18 heavy (non-hydrogen) atoms. The van der Waals surface area contributed by atoms with Crippen LogP contribution in [0.3, 0.4) is 0 Å². The van der Waals surface area contributed by atoms with Gasteiger partial charge in [-0.3, -0.25) is 4.68 Å². The quantitative estimate of drug-likeness (QED) is 0.380. The Balaban J connectivity index is 1.81. The van der Waals surface area contributed by atoms with E-state index in [-0.39, 0.29) is 0 Å². The molecule has 0 unspecified atom stereocenters. The monoisotopic (exact) mass is 248 g/mol. The Morgan fingerprint density at radius 3 is 2.89 bits per heavy atom. The van der Waals surface area contributed by atoms with Crippen molar-refractivity contribution in [3.8, 4) is 0 Å². The van der Waals surface area contributed by atoms with Crippen LogP contribution in [0, 0.1) is 6.92 Å². The molecule has 0 aliphatic carbocycles. The molecule has 0 spiro atoms. The molecule has 0 bridgehead atoms. The fourth-order valence-electron chi connectivity index (χ4n) is 1.54. The largest absolute Gasteiger partial charge is 0.370 e. The maximum Gasteiger partial charge on any atom is 0.145 e. The zero-order valence-electron chi connectivity index (χ0n) is 10.2. The minimum atomic E-state index is 0.598. The maximum atomic E-state index is 5.32. The molecule has 2 rings (SSSR count). The molecule has 0 aromatic carbocycles. The van der Waals surface area contributed by atoms with Gasteiger partial charge >= 0.3 is 0 Å². The first-order chi connectivity index (χ1) is 8.78. The lowest BCUT2D eigenvalue weighted by Crippen LogP contribution is -2.12. The van der Waals surface area contributed by atoms with Crippen LogP contribution in [0.25, 0.3) is 0 Å². The second-order valence-electron chi connectivity index (χ2n) is 3.78. The van der Waals surface area contributed by atoms with Crippen LogP contribution < -0.4 is 16.6 Å². The van der Waals surface area contributed by atoms with Crippen molar-refractivity contribution in [1.82, 2.24) is 25.0 Å². The van der Waals surface area contributed by atoms with E-state index in [4.69, 9.17) is 5.84 Å². The summed E-state index contributed by atoms with van der Waals surface area (Å²) < 4.78 is 1.79.